The number of thioether (sulfide) groups is 1. The standard InChI is InChI=1S/C28H21F2N5S/c29-20-9-5-18(6-10-20)16-35-26-4-2-1-3-23(26)24-13-22(31-15-27(24)35)14-32-34-28-33-25(17-36-28)19-7-11-21(30)12-8-19/h1-15,17,28,33-34H,16H2. The third-order valence-electron chi connectivity index (χ3n) is 6.09. The molecule has 0 amide bonds. The van der Waals surface area contributed by atoms with E-state index in [9.17, 15) is 8.78 Å². The fourth-order valence-corrected chi connectivity index (χ4v) is 5.13. The van der Waals surface area contributed by atoms with E-state index in [0.29, 0.717) is 6.54 Å². The molecule has 178 valence electrons. The van der Waals surface area contributed by atoms with Crippen LogP contribution in [-0.4, -0.2) is 21.3 Å². The van der Waals surface area contributed by atoms with Crippen molar-refractivity contribution in [1.29, 1.82) is 0 Å². The molecule has 8 heteroatoms. The van der Waals surface area contributed by atoms with E-state index >= 15 is 0 Å². The van der Waals surface area contributed by atoms with Crippen molar-refractivity contribution in [3.8, 4) is 0 Å². The molecular weight excluding hydrogens is 476 g/mol. The van der Waals surface area contributed by atoms with Gasteiger partial charge in [-0.15, -0.1) is 0 Å². The minimum Gasteiger partial charge on any atom is -0.355 e. The molecule has 0 fully saturated rings. The highest BCUT2D eigenvalue weighted by molar-refractivity contribution is 8.03. The zero-order valence-corrected chi connectivity index (χ0v) is 19.8. The molecule has 1 aliphatic heterocycles. The minimum absolute atomic E-state index is 0.136. The number of benzene rings is 3. The van der Waals surface area contributed by atoms with Gasteiger partial charge in [-0.05, 0) is 65.1 Å². The summed E-state index contributed by atoms with van der Waals surface area (Å²) < 4.78 is 28.8. The van der Waals surface area contributed by atoms with Crippen molar-refractivity contribution in [2.24, 2.45) is 5.10 Å². The highest BCUT2D eigenvalue weighted by Gasteiger charge is 2.17. The molecule has 0 bridgehead atoms. The molecule has 3 aromatic carbocycles. The maximum absolute atomic E-state index is 13.4. The molecule has 0 aliphatic carbocycles. The van der Waals surface area contributed by atoms with Gasteiger partial charge in [0.15, 0.2) is 5.50 Å². The lowest BCUT2D eigenvalue weighted by Gasteiger charge is -2.12. The fourth-order valence-electron chi connectivity index (χ4n) is 4.33. The monoisotopic (exact) mass is 497 g/mol. The van der Waals surface area contributed by atoms with Gasteiger partial charge in [0.1, 0.15) is 11.6 Å². The second kappa shape index (κ2) is 9.47. The largest absolute Gasteiger partial charge is 0.355 e. The van der Waals surface area contributed by atoms with Gasteiger partial charge >= 0.3 is 0 Å². The molecule has 0 radical (unpaired) electrons. The van der Waals surface area contributed by atoms with Crippen molar-refractivity contribution >= 4 is 45.5 Å². The van der Waals surface area contributed by atoms with E-state index in [-0.39, 0.29) is 17.1 Å². The minimum atomic E-state index is -0.257. The van der Waals surface area contributed by atoms with Crippen LogP contribution in [0, 0.1) is 11.6 Å². The first-order valence-corrected chi connectivity index (χ1v) is 12.4. The van der Waals surface area contributed by atoms with Crippen molar-refractivity contribution in [2.45, 2.75) is 12.0 Å². The molecule has 0 spiro atoms. The molecule has 2 N–H and O–H groups in total. The van der Waals surface area contributed by atoms with Gasteiger partial charge in [-0.25, -0.2) is 8.78 Å². The van der Waals surface area contributed by atoms with Crippen molar-refractivity contribution in [1.82, 2.24) is 20.3 Å². The van der Waals surface area contributed by atoms with Crippen molar-refractivity contribution < 1.29 is 8.78 Å². The van der Waals surface area contributed by atoms with Crippen LogP contribution in [0.2, 0.25) is 0 Å². The van der Waals surface area contributed by atoms with E-state index in [1.54, 1.807) is 30.1 Å². The Morgan fingerprint density at radius 2 is 1.69 bits per heavy atom. The van der Waals surface area contributed by atoms with Crippen LogP contribution in [0.15, 0.2) is 95.6 Å². The Balaban J connectivity index is 1.21. The van der Waals surface area contributed by atoms with Gasteiger partial charge in [-0.2, -0.15) is 5.10 Å². The van der Waals surface area contributed by atoms with Gasteiger partial charge in [0, 0.05) is 22.8 Å². The summed E-state index contributed by atoms with van der Waals surface area (Å²) in [7, 11) is 0. The highest BCUT2D eigenvalue weighted by Crippen LogP contribution is 2.30. The van der Waals surface area contributed by atoms with E-state index in [0.717, 1.165) is 44.3 Å². The average Bonchev–Trinajstić information content (AvgIpc) is 3.49. The normalized spacial score (nSPS) is 15.5. The summed E-state index contributed by atoms with van der Waals surface area (Å²) in [6, 6.07) is 23.2. The first-order chi connectivity index (χ1) is 17.6. The molecule has 36 heavy (non-hydrogen) atoms. The van der Waals surface area contributed by atoms with Gasteiger partial charge in [0.25, 0.3) is 0 Å². The number of hydrogen-bond acceptors (Lipinski definition) is 5. The van der Waals surface area contributed by atoms with Crippen LogP contribution >= 0.6 is 11.8 Å². The molecule has 3 heterocycles. The predicted molar refractivity (Wildman–Crippen MR) is 142 cm³/mol. The quantitative estimate of drug-likeness (QED) is 0.221. The van der Waals surface area contributed by atoms with Crippen LogP contribution in [0.5, 0.6) is 0 Å². The molecule has 0 saturated heterocycles. The molecule has 6 rings (SSSR count). The lowest BCUT2D eigenvalue weighted by molar-refractivity contribution is 0.626. The van der Waals surface area contributed by atoms with Crippen LogP contribution in [-0.2, 0) is 6.54 Å². The number of aromatic nitrogens is 2. The summed E-state index contributed by atoms with van der Waals surface area (Å²) in [6.45, 7) is 0.620. The number of para-hydroxylation sites is 1. The lowest BCUT2D eigenvalue weighted by Crippen LogP contribution is -2.31. The third-order valence-corrected chi connectivity index (χ3v) is 6.95. The van der Waals surface area contributed by atoms with E-state index in [2.05, 4.69) is 37.5 Å². The summed E-state index contributed by atoms with van der Waals surface area (Å²) >= 11 is 1.56. The Morgan fingerprint density at radius 3 is 2.50 bits per heavy atom. The molecule has 2 aromatic heterocycles. The average molecular weight is 498 g/mol. The van der Waals surface area contributed by atoms with Gasteiger partial charge in [-0.3, -0.25) is 10.4 Å². The molecule has 5 aromatic rings. The first kappa shape index (κ1) is 22.3. The highest BCUT2D eigenvalue weighted by atomic mass is 32.2. The number of rotatable bonds is 6. The summed E-state index contributed by atoms with van der Waals surface area (Å²) in [5.74, 6) is -0.499. The topological polar surface area (TPSA) is 54.2 Å². The molecule has 1 unspecified atom stereocenters. The summed E-state index contributed by atoms with van der Waals surface area (Å²) in [5, 5.41) is 11.9. The summed E-state index contributed by atoms with van der Waals surface area (Å²) in [4.78, 5) is 4.61. The van der Waals surface area contributed by atoms with Crippen molar-refractivity contribution in [3.63, 3.8) is 0 Å². The lowest BCUT2D eigenvalue weighted by atomic mass is 10.2. The number of fused-ring (bicyclic) bond motifs is 3. The fraction of sp³-hybridized carbons (Fsp3) is 0.0714. The Hall–Kier alpha value is -4.17. The van der Waals surface area contributed by atoms with Crippen LogP contribution in [0.4, 0.5) is 8.78 Å². The van der Waals surface area contributed by atoms with E-state index in [1.807, 2.05) is 41.9 Å². The molecule has 0 saturated carbocycles. The SMILES string of the molecule is Fc1ccc(Cn2c3ccccc3c3cc(C=NNC4NC(c5ccc(F)cc5)=CS4)ncc32)cc1. The molecule has 1 atom stereocenters. The van der Waals surface area contributed by atoms with Crippen molar-refractivity contribution in [2.75, 3.05) is 0 Å². The van der Waals surface area contributed by atoms with Crippen LogP contribution < -0.4 is 10.7 Å². The number of nitrogens with zero attached hydrogens (tertiary/aromatic N) is 3. The van der Waals surface area contributed by atoms with Gasteiger partial charge in [-0.1, -0.05) is 42.1 Å². The number of halogens is 2. The Labute approximate surface area is 210 Å². The van der Waals surface area contributed by atoms with E-state index in [4.69, 9.17) is 0 Å². The molecular formula is C28H21F2N5S. The zero-order valence-electron chi connectivity index (χ0n) is 19.0. The number of hydrazone groups is 1. The summed E-state index contributed by atoms with van der Waals surface area (Å²) in [6.07, 6.45) is 3.56. The zero-order chi connectivity index (χ0) is 24.5. The molecule has 1 aliphatic rings. The Morgan fingerprint density at radius 1 is 0.944 bits per heavy atom. The van der Waals surface area contributed by atoms with Crippen LogP contribution in [0.25, 0.3) is 27.5 Å². The van der Waals surface area contributed by atoms with Gasteiger partial charge in [0.05, 0.1) is 29.3 Å². The van der Waals surface area contributed by atoms with Crippen molar-refractivity contribution in [3.05, 3.63) is 119 Å². The Bertz CT molecular complexity index is 1610. The maximum Gasteiger partial charge on any atom is 0.165 e. The molecule has 5 nitrogen and oxygen atoms in total. The van der Waals surface area contributed by atoms with Gasteiger partial charge < -0.3 is 9.88 Å². The number of nitrogens with one attached hydrogen (secondary N) is 2. The van der Waals surface area contributed by atoms with E-state index in [1.165, 1.54) is 24.3 Å². The van der Waals surface area contributed by atoms with Crippen LogP contribution in [0.1, 0.15) is 16.8 Å². The summed E-state index contributed by atoms with van der Waals surface area (Å²) in [5.41, 5.74) is 8.64. The van der Waals surface area contributed by atoms with Crippen LogP contribution in [0.3, 0.4) is 0 Å². The third kappa shape index (κ3) is 4.43. The number of hydrogen-bond donors (Lipinski definition) is 2. The second-order valence-corrected chi connectivity index (χ2v) is 9.42. The smallest absolute Gasteiger partial charge is 0.165 e. The van der Waals surface area contributed by atoms with E-state index < -0.39 is 0 Å². The predicted octanol–water partition coefficient (Wildman–Crippen LogP) is 6.06. The first-order valence-electron chi connectivity index (χ1n) is 11.4. The number of pyridine rings is 1. The van der Waals surface area contributed by atoms with Gasteiger partial charge in [0.2, 0.25) is 0 Å². The maximum atomic E-state index is 13.4. The Kier molecular flexibility index (Phi) is 5.87. The second-order valence-electron chi connectivity index (χ2n) is 8.44.